The van der Waals surface area contributed by atoms with Gasteiger partial charge in [0, 0.05) is 37.6 Å². The smallest absolute Gasteiger partial charge is 0.313 e. The number of nitrogens with zero attached hydrogens (tertiary/aromatic N) is 2. The highest BCUT2D eigenvalue weighted by Gasteiger charge is 2.26. The minimum absolute atomic E-state index is 0.323. The number of carbonyl (C=O) groups excluding carboxylic acids is 2. The number of hydrogen-bond acceptors (Lipinski definition) is 3. The molecule has 0 bridgehead atoms. The molecule has 3 rings (SSSR count). The predicted octanol–water partition coefficient (Wildman–Crippen LogP) is 3.28. The van der Waals surface area contributed by atoms with Crippen LogP contribution in [0.3, 0.4) is 0 Å². The van der Waals surface area contributed by atoms with E-state index in [9.17, 15) is 9.59 Å². The van der Waals surface area contributed by atoms with E-state index in [0.717, 1.165) is 5.69 Å². The second-order valence-electron chi connectivity index (χ2n) is 5.70. The van der Waals surface area contributed by atoms with Crippen LogP contribution in [0.1, 0.15) is 0 Å². The molecule has 1 heterocycles. The highest BCUT2D eigenvalue weighted by molar-refractivity contribution is 6.42. The van der Waals surface area contributed by atoms with Crippen molar-refractivity contribution in [3.63, 3.8) is 0 Å². The number of rotatable bonds is 2. The molecular formula is C18H17Cl2N3O2. The lowest BCUT2D eigenvalue weighted by atomic mass is 10.2. The molecular weight excluding hydrogens is 361 g/mol. The van der Waals surface area contributed by atoms with Gasteiger partial charge in [0.25, 0.3) is 0 Å². The number of hydrogen-bond donors (Lipinski definition) is 1. The zero-order valence-corrected chi connectivity index (χ0v) is 14.9. The lowest BCUT2D eigenvalue weighted by Gasteiger charge is -2.35. The molecule has 2 aromatic rings. The molecule has 1 saturated heterocycles. The van der Waals surface area contributed by atoms with Gasteiger partial charge in [-0.1, -0.05) is 41.4 Å². The highest BCUT2D eigenvalue weighted by Crippen LogP contribution is 2.25. The van der Waals surface area contributed by atoms with Gasteiger partial charge in [-0.2, -0.15) is 0 Å². The number of halogens is 2. The number of piperazine rings is 1. The molecule has 0 aliphatic carbocycles. The molecule has 1 aliphatic heterocycles. The predicted molar refractivity (Wildman–Crippen MR) is 100 cm³/mol. The maximum atomic E-state index is 12.3. The fourth-order valence-electron chi connectivity index (χ4n) is 2.71. The monoisotopic (exact) mass is 377 g/mol. The Labute approximate surface area is 156 Å². The zero-order chi connectivity index (χ0) is 17.8. The molecule has 1 N–H and O–H groups in total. The van der Waals surface area contributed by atoms with Crippen LogP contribution in [0.2, 0.25) is 10.0 Å². The second-order valence-corrected chi connectivity index (χ2v) is 6.51. The fourth-order valence-corrected chi connectivity index (χ4v) is 3.01. The van der Waals surface area contributed by atoms with Gasteiger partial charge < -0.3 is 15.1 Å². The van der Waals surface area contributed by atoms with Crippen LogP contribution < -0.4 is 10.2 Å². The van der Waals surface area contributed by atoms with Gasteiger partial charge >= 0.3 is 11.8 Å². The Morgan fingerprint density at radius 2 is 1.56 bits per heavy atom. The minimum atomic E-state index is -0.674. The van der Waals surface area contributed by atoms with E-state index in [0.29, 0.717) is 41.9 Å². The summed E-state index contributed by atoms with van der Waals surface area (Å²) in [6.45, 7) is 2.39. The number of benzene rings is 2. The minimum Gasteiger partial charge on any atom is -0.368 e. The summed E-state index contributed by atoms with van der Waals surface area (Å²) in [6, 6.07) is 14.7. The van der Waals surface area contributed by atoms with Crippen LogP contribution in [0.25, 0.3) is 0 Å². The second kappa shape index (κ2) is 7.76. The third-order valence-corrected chi connectivity index (χ3v) is 4.80. The van der Waals surface area contributed by atoms with E-state index in [1.807, 2.05) is 30.3 Å². The first-order chi connectivity index (χ1) is 12.0. The summed E-state index contributed by atoms with van der Waals surface area (Å²) in [5, 5.41) is 3.28. The summed E-state index contributed by atoms with van der Waals surface area (Å²) in [5.74, 6) is -1.22. The largest absolute Gasteiger partial charge is 0.368 e. The van der Waals surface area contributed by atoms with Crippen molar-refractivity contribution in [1.29, 1.82) is 0 Å². The average Bonchev–Trinajstić information content (AvgIpc) is 2.65. The van der Waals surface area contributed by atoms with E-state index in [1.165, 1.54) is 6.07 Å². The first kappa shape index (κ1) is 17.6. The molecule has 1 fully saturated rings. The van der Waals surface area contributed by atoms with Gasteiger partial charge in [0.15, 0.2) is 0 Å². The van der Waals surface area contributed by atoms with Gasteiger partial charge in [-0.25, -0.2) is 0 Å². The Morgan fingerprint density at radius 3 is 2.20 bits per heavy atom. The van der Waals surface area contributed by atoms with Gasteiger partial charge in [-0.15, -0.1) is 0 Å². The molecule has 2 amide bonds. The number of anilines is 2. The summed E-state index contributed by atoms with van der Waals surface area (Å²) >= 11 is 11.8. The number of nitrogens with one attached hydrogen (secondary N) is 1. The maximum absolute atomic E-state index is 12.3. The lowest BCUT2D eigenvalue weighted by molar-refractivity contribution is -0.143. The first-order valence-corrected chi connectivity index (χ1v) is 8.65. The quantitative estimate of drug-likeness (QED) is 0.817. The number of amides is 2. The standard InChI is InChI=1S/C18H17Cl2N3O2/c19-15-7-6-13(12-16(15)20)21-17(24)18(25)23-10-8-22(9-11-23)14-4-2-1-3-5-14/h1-7,12H,8-11H2,(H,21,24). The summed E-state index contributed by atoms with van der Waals surface area (Å²) < 4.78 is 0. The van der Waals surface area contributed by atoms with Crippen molar-refractivity contribution in [2.24, 2.45) is 0 Å². The van der Waals surface area contributed by atoms with Gasteiger partial charge in [-0.05, 0) is 30.3 Å². The summed E-state index contributed by atoms with van der Waals surface area (Å²) in [6.07, 6.45) is 0. The third-order valence-electron chi connectivity index (χ3n) is 4.06. The molecule has 1 aliphatic rings. The molecule has 0 unspecified atom stereocenters. The van der Waals surface area contributed by atoms with Crippen molar-refractivity contribution in [2.75, 3.05) is 36.4 Å². The van der Waals surface area contributed by atoms with Crippen molar-refractivity contribution in [1.82, 2.24) is 4.90 Å². The maximum Gasteiger partial charge on any atom is 0.313 e. The average molecular weight is 378 g/mol. The van der Waals surface area contributed by atoms with Gasteiger partial charge in [-0.3, -0.25) is 9.59 Å². The molecule has 25 heavy (non-hydrogen) atoms. The van der Waals surface area contributed by atoms with E-state index in [4.69, 9.17) is 23.2 Å². The van der Waals surface area contributed by atoms with Crippen molar-refractivity contribution in [3.05, 3.63) is 58.6 Å². The van der Waals surface area contributed by atoms with E-state index in [2.05, 4.69) is 10.2 Å². The van der Waals surface area contributed by atoms with Gasteiger partial charge in [0.1, 0.15) is 0 Å². The Morgan fingerprint density at radius 1 is 0.880 bits per heavy atom. The van der Waals surface area contributed by atoms with Crippen LogP contribution in [0.4, 0.5) is 11.4 Å². The number of para-hydroxylation sites is 1. The molecule has 0 saturated carbocycles. The van der Waals surface area contributed by atoms with Crippen molar-refractivity contribution in [2.45, 2.75) is 0 Å². The molecule has 0 spiro atoms. The molecule has 5 nitrogen and oxygen atoms in total. The third kappa shape index (κ3) is 4.24. The van der Waals surface area contributed by atoms with Crippen LogP contribution >= 0.6 is 23.2 Å². The van der Waals surface area contributed by atoms with Crippen LogP contribution in [-0.4, -0.2) is 42.9 Å². The molecule has 0 atom stereocenters. The SMILES string of the molecule is O=C(Nc1ccc(Cl)c(Cl)c1)C(=O)N1CCN(c2ccccc2)CC1. The van der Waals surface area contributed by atoms with Crippen molar-refractivity contribution >= 4 is 46.4 Å². The normalized spacial score (nSPS) is 14.3. The fraction of sp³-hybridized carbons (Fsp3) is 0.222. The van der Waals surface area contributed by atoms with Crippen molar-refractivity contribution in [3.8, 4) is 0 Å². The van der Waals surface area contributed by atoms with Crippen LogP contribution in [0.5, 0.6) is 0 Å². The Kier molecular flexibility index (Phi) is 5.46. The summed E-state index contributed by atoms with van der Waals surface area (Å²) in [7, 11) is 0. The first-order valence-electron chi connectivity index (χ1n) is 7.90. The molecule has 130 valence electrons. The van der Waals surface area contributed by atoms with Crippen molar-refractivity contribution < 1.29 is 9.59 Å². The van der Waals surface area contributed by atoms with E-state index in [1.54, 1.807) is 17.0 Å². The zero-order valence-electron chi connectivity index (χ0n) is 13.4. The van der Waals surface area contributed by atoms with E-state index in [-0.39, 0.29) is 0 Å². The molecule has 2 aromatic carbocycles. The number of carbonyl (C=O) groups is 2. The van der Waals surface area contributed by atoms with E-state index < -0.39 is 11.8 Å². The van der Waals surface area contributed by atoms with Crippen LogP contribution in [0, 0.1) is 0 Å². The Balaban J connectivity index is 1.56. The van der Waals surface area contributed by atoms with Crippen LogP contribution in [0.15, 0.2) is 48.5 Å². The van der Waals surface area contributed by atoms with E-state index >= 15 is 0 Å². The lowest BCUT2D eigenvalue weighted by Crippen LogP contribution is -2.51. The highest BCUT2D eigenvalue weighted by atomic mass is 35.5. The Hall–Kier alpha value is -2.24. The van der Waals surface area contributed by atoms with Gasteiger partial charge in [0.2, 0.25) is 0 Å². The van der Waals surface area contributed by atoms with Crippen LogP contribution in [-0.2, 0) is 9.59 Å². The van der Waals surface area contributed by atoms with Gasteiger partial charge in [0.05, 0.1) is 10.0 Å². The summed E-state index contributed by atoms with van der Waals surface area (Å²) in [5.41, 5.74) is 1.56. The molecule has 7 heteroatoms. The Bertz CT molecular complexity index is 775. The summed E-state index contributed by atoms with van der Waals surface area (Å²) in [4.78, 5) is 28.3. The molecule has 0 radical (unpaired) electrons. The topological polar surface area (TPSA) is 52.7 Å². The molecule has 0 aromatic heterocycles.